The molecule has 4 nitrogen and oxygen atoms in total. The van der Waals surface area contributed by atoms with Gasteiger partial charge < -0.3 is 10.1 Å². The van der Waals surface area contributed by atoms with Gasteiger partial charge in [-0.05, 0) is 25.0 Å². The van der Waals surface area contributed by atoms with Gasteiger partial charge in [-0.15, -0.1) is 0 Å². The van der Waals surface area contributed by atoms with Crippen LogP contribution in [0.4, 0.5) is 8.78 Å². The Morgan fingerprint density at radius 3 is 2.40 bits per heavy atom. The van der Waals surface area contributed by atoms with Crippen molar-refractivity contribution in [1.82, 2.24) is 5.32 Å². The number of carbonyl (C=O) groups excluding carboxylic acids is 2. The number of benzene rings is 2. The summed E-state index contributed by atoms with van der Waals surface area (Å²) in [5.41, 5.74) is 0.119. The van der Waals surface area contributed by atoms with Crippen molar-refractivity contribution in [2.24, 2.45) is 0 Å². The van der Waals surface area contributed by atoms with Gasteiger partial charge in [0.2, 0.25) is 6.10 Å². The Morgan fingerprint density at radius 1 is 1.12 bits per heavy atom. The Morgan fingerprint density at radius 2 is 1.76 bits per heavy atom. The fourth-order valence-electron chi connectivity index (χ4n) is 2.25. The smallest absolute Gasteiger partial charge is 0.340 e. The van der Waals surface area contributed by atoms with Crippen molar-refractivity contribution in [3.05, 3.63) is 70.2 Å². The molecule has 7 heteroatoms. The van der Waals surface area contributed by atoms with Crippen LogP contribution in [-0.2, 0) is 9.53 Å². The standard InChI is InChI=1S/C18H14ClF2NO3/c19-13-9-15(21)14(20)8-12(13)18(24)25-16(10-4-2-1-3-5-10)17(23)22-11-6-7-11/h1-5,8-9,11,16H,6-7H2,(H,22,23)/t16-/m0/s1. The molecule has 0 bridgehead atoms. The van der Waals surface area contributed by atoms with E-state index in [2.05, 4.69) is 5.32 Å². The number of nitrogens with one attached hydrogen (secondary N) is 1. The van der Waals surface area contributed by atoms with Crippen molar-refractivity contribution in [3.8, 4) is 0 Å². The number of carbonyl (C=O) groups is 2. The van der Waals surface area contributed by atoms with Crippen molar-refractivity contribution < 1.29 is 23.1 Å². The third-order valence-corrected chi connectivity index (χ3v) is 4.03. The van der Waals surface area contributed by atoms with Crippen molar-refractivity contribution >= 4 is 23.5 Å². The lowest BCUT2D eigenvalue weighted by Crippen LogP contribution is -2.33. The second kappa shape index (κ2) is 7.19. The maximum atomic E-state index is 13.4. The molecule has 1 atom stereocenters. The van der Waals surface area contributed by atoms with Gasteiger partial charge >= 0.3 is 5.97 Å². The second-order valence-corrected chi connectivity index (χ2v) is 6.13. The molecule has 2 aromatic carbocycles. The molecule has 0 heterocycles. The number of hydrogen-bond donors (Lipinski definition) is 1. The number of amides is 1. The Labute approximate surface area is 147 Å². The average Bonchev–Trinajstić information content (AvgIpc) is 3.40. The average molecular weight is 366 g/mol. The van der Waals surface area contributed by atoms with E-state index in [-0.39, 0.29) is 16.6 Å². The zero-order chi connectivity index (χ0) is 18.0. The summed E-state index contributed by atoms with van der Waals surface area (Å²) in [5.74, 6) is -3.88. The van der Waals surface area contributed by atoms with Crippen LogP contribution in [0.15, 0.2) is 42.5 Å². The van der Waals surface area contributed by atoms with Gasteiger partial charge in [-0.3, -0.25) is 4.79 Å². The molecule has 0 spiro atoms. The Balaban J connectivity index is 1.85. The van der Waals surface area contributed by atoms with Gasteiger partial charge in [-0.2, -0.15) is 0 Å². The summed E-state index contributed by atoms with van der Waals surface area (Å²) in [7, 11) is 0. The van der Waals surface area contributed by atoms with Gasteiger partial charge in [0.05, 0.1) is 10.6 Å². The summed E-state index contributed by atoms with van der Waals surface area (Å²) in [6.07, 6.45) is 0.533. The van der Waals surface area contributed by atoms with E-state index >= 15 is 0 Å². The first-order chi connectivity index (χ1) is 12.0. The van der Waals surface area contributed by atoms with Crippen molar-refractivity contribution in [3.63, 3.8) is 0 Å². The van der Waals surface area contributed by atoms with E-state index in [9.17, 15) is 18.4 Å². The van der Waals surface area contributed by atoms with Crippen molar-refractivity contribution in [2.75, 3.05) is 0 Å². The largest absolute Gasteiger partial charge is 0.444 e. The van der Waals surface area contributed by atoms with Crippen LogP contribution in [0.25, 0.3) is 0 Å². The highest BCUT2D eigenvalue weighted by Gasteiger charge is 2.31. The number of halogens is 3. The molecule has 0 unspecified atom stereocenters. The Hall–Kier alpha value is -2.47. The third kappa shape index (κ3) is 4.14. The highest BCUT2D eigenvalue weighted by molar-refractivity contribution is 6.33. The predicted octanol–water partition coefficient (Wildman–Crippen LogP) is 3.79. The summed E-state index contributed by atoms with van der Waals surface area (Å²) in [4.78, 5) is 24.8. The summed E-state index contributed by atoms with van der Waals surface area (Å²) >= 11 is 5.79. The molecule has 3 rings (SSSR count). The molecule has 0 aromatic heterocycles. The van der Waals surface area contributed by atoms with Crippen LogP contribution in [0, 0.1) is 11.6 Å². The monoisotopic (exact) mass is 365 g/mol. The lowest BCUT2D eigenvalue weighted by atomic mass is 10.1. The first kappa shape index (κ1) is 17.4. The minimum atomic E-state index is -1.23. The molecule has 130 valence electrons. The van der Waals surface area contributed by atoms with E-state index in [0.717, 1.165) is 12.8 Å². The molecule has 25 heavy (non-hydrogen) atoms. The number of ether oxygens (including phenoxy) is 1. The topological polar surface area (TPSA) is 55.4 Å². The second-order valence-electron chi connectivity index (χ2n) is 5.73. The molecule has 1 aliphatic carbocycles. The minimum Gasteiger partial charge on any atom is -0.444 e. The molecular formula is C18H14ClF2NO3. The molecule has 1 aliphatic rings. The summed E-state index contributed by atoms with van der Waals surface area (Å²) in [6.45, 7) is 0. The zero-order valence-electron chi connectivity index (χ0n) is 13.0. The van der Waals surface area contributed by atoms with Gasteiger partial charge in [-0.1, -0.05) is 41.9 Å². The molecule has 0 saturated heterocycles. The zero-order valence-corrected chi connectivity index (χ0v) is 13.7. The molecule has 0 radical (unpaired) electrons. The Kier molecular flexibility index (Phi) is 4.99. The van der Waals surface area contributed by atoms with E-state index in [4.69, 9.17) is 16.3 Å². The molecule has 1 amide bonds. The number of esters is 1. The lowest BCUT2D eigenvalue weighted by molar-refractivity contribution is -0.130. The van der Waals surface area contributed by atoms with E-state index in [1.165, 1.54) is 0 Å². The van der Waals surface area contributed by atoms with Gasteiger partial charge in [0, 0.05) is 11.6 Å². The maximum absolute atomic E-state index is 13.4. The van der Waals surface area contributed by atoms with E-state index in [0.29, 0.717) is 17.7 Å². The number of hydrogen-bond acceptors (Lipinski definition) is 3. The van der Waals surface area contributed by atoms with Crippen LogP contribution in [0.3, 0.4) is 0 Å². The van der Waals surface area contributed by atoms with E-state index in [1.807, 2.05) is 0 Å². The highest BCUT2D eigenvalue weighted by Crippen LogP contribution is 2.26. The van der Waals surface area contributed by atoms with Gasteiger partial charge in [-0.25, -0.2) is 13.6 Å². The first-order valence-corrected chi connectivity index (χ1v) is 8.04. The normalized spacial score (nSPS) is 14.7. The molecular weight excluding hydrogens is 352 g/mol. The van der Waals surface area contributed by atoms with Crippen LogP contribution in [0.1, 0.15) is 34.9 Å². The molecule has 1 N–H and O–H groups in total. The van der Waals surface area contributed by atoms with Crippen LogP contribution in [0.2, 0.25) is 5.02 Å². The summed E-state index contributed by atoms with van der Waals surface area (Å²) in [5, 5.41) is 2.47. The quantitative estimate of drug-likeness (QED) is 0.647. The molecule has 2 aromatic rings. The lowest BCUT2D eigenvalue weighted by Gasteiger charge is -2.18. The summed E-state index contributed by atoms with van der Waals surface area (Å²) in [6, 6.07) is 9.85. The van der Waals surface area contributed by atoms with Gasteiger partial charge in [0.15, 0.2) is 11.6 Å². The highest BCUT2D eigenvalue weighted by atomic mass is 35.5. The SMILES string of the molecule is O=C(O[C@H](C(=O)NC1CC1)c1ccccc1)c1cc(F)c(F)cc1Cl. The van der Waals surface area contributed by atoms with Gasteiger partial charge in [0.25, 0.3) is 5.91 Å². The summed E-state index contributed by atoms with van der Waals surface area (Å²) < 4.78 is 31.8. The number of rotatable bonds is 5. The van der Waals surface area contributed by atoms with Crippen molar-refractivity contribution in [1.29, 1.82) is 0 Å². The van der Waals surface area contributed by atoms with Crippen molar-refractivity contribution in [2.45, 2.75) is 25.0 Å². The first-order valence-electron chi connectivity index (χ1n) is 7.66. The molecule has 1 fully saturated rings. The Bertz CT molecular complexity index is 809. The van der Waals surface area contributed by atoms with Crippen LogP contribution >= 0.6 is 11.6 Å². The van der Waals surface area contributed by atoms with Crippen LogP contribution in [-0.4, -0.2) is 17.9 Å². The van der Waals surface area contributed by atoms with Crippen LogP contribution < -0.4 is 5.32 Å². The molecule has 1 saturated carbocycles. The fourth-order valence-corrected chi connectivity index (χ4v) is 2.48. The van der Waals surface area contributed by atoms with Crippen LogP contribution in [0.5, 0.6) is 0 Å². The maximum Gasteiger partial charge on any atom is 0.340 e. The predicted molar refractivity (Wildman–Crippen MR) is 87.1 cm³/mol. The van der Waals surface area contributed by atoms with E-state index in [1.54, 1.807) is 30.3 Å². The third-order valence-electron chi connectivity index (χ3n) is 3.72. The fraction of sp³-hybridized carbons (Fsp3) is 0.222. The van der Waals surface area contributed by atoms with E-state index < -0.39 is 29.6 Å². The molecule has 0 aliphatic heterocycles. The van der Waals surface area contributed by atoms with Gasteiger partial charge in [0.1, 0.15) is 0 Å². The minimum absolute atomic E-state index is 0.0734.